The predicted molar refractivity (Wildman–Crippen MR) is 127 cm³/mol. The molecule has 0 saturated carbocycles. The van der Waals surface area contributed by atoms with E-state index in [1.165, 1.54) is 16.7 Å². The minimum absolute atomic E-state index is 0.140. The fraction of sp³-hybridized carbons (Fsp3) is 0.538. The van der Waals surface area contributed by atoms with E-state index in [9.17, 15) is 0 Å². The normalized spacial score (nSPS) is 15.8. The molecule has 1 unspecified atom stereocenters. The lowest BCUT2D eigenvalue weighted by atomic mass is 9.89. The summed E-state index contributed by atoms with van der Waals surface area (Å²) in [6.07, 6.45) is 1.01. The first-order valence-electron chi connectivity index (χ1n) is 11.6. The number of nitrogens with one attached hydrogen (secondary N) is 1. The van der Waals surface area contributed by atoms with Gasteiger partial charge in [-0.15, -0.1) is 0 Å². The van der Waals surface area contributed by atoms with Gasteiger partial charge in [0.1, 0.15) is 12.4 Å². The quantitative estimate of drug-likeness (QED) is 0.565. The number of methoxy groups -OCH3 is 1. The van der Waals surface area contributed by atoms with Crippen LogP contribution in [0.3, 0.4) is 0 Å². The molecule has 0 saturated heterocycles. The number of fused-ring (bicyclic) bond motifs is 1. The van der Waals surface area contributed by atoms with Gasteiger partial charge in [-0.1, -0.05) is 39.8 Å². The SMILES string of the molecule is CCN(CC)CCOc1ccc2c(c1)CCNC2c1ccc(OCC(C)C)c(OC)c1. The number of rotatable bonds is 11. The maximum atomic E-state index is 6.05. The van der Waals surface area contributed by atoms with E-state index in [0.717, 1.165) is 56.5 Å². The van der Waals surface area contributed by atoms with Gasteiger partial charge in [-0.05, 0) is 66.4 Å². The van der Waals surface area contributed by atoms with Crippen LogP contribution in [-0.4, -0.2) is 51.4 Å². The van der Waals surface area contributed by atoms with Gasteiger partial charge in [0, 0.05) is 13.1 Å². The van der Waals surface area contributed by atoms with Gasteiger partial charge in [0.25, 0.3) is 0 Å². The van der Waals surface area contributed by atoms with Gasteiger partial charge in [-0.2, -0.15) is 0 Å². The lowest BCUT2D eigenvalue weighted by Crippen LogP contribution is -2.30. The maximum absolute atomic E-state index is 6.05. The van der Waals surface area contributed by atoms with Crippen molar-refractivity contribution in [3.05, 3.63) is 53.1 Å². The van der Waals surface area contributed by atoms with Crippen LogP contribution in [0, 0.1) is 5.92 Å². The molecule has 0 radical (unpaired) electrons. The van der Waals surface area contributed by atoms with Crippen molar-refractivity contribution in [3.63, 3.8) is 0 Å². The molecule has 3 rings (SSSR count). The molecule has 0 fully saturated rings. The molecular formula is C26H38N2O3. The van der Waals surface area contributed by atoms with Gasteiger partial charge in [-0.25, -0.2) is 0 Å². The molecule has 31 heavy (non-hydrogen) atoms. The molecule has 2 aromatic rings. The van der Waals surface area contributed by atoms with Crippen LogP contribution in [-0.2, 0) is 6.42 Å². The third-order valence-electron chi connectivity index (χ3n) is 5.83. The molecule has 170 valence electrons. The number of hydrogen-bond donors (Lipinski definition) is 1. The molecule has 1 aliphatic heterocycles. The highest BCUT2D eigenvalue weighted by Gasteiger charge is 2.23. The first-order valence-corrected chi connectivity index (χ1v) is 11.6. The summed E-state index contributed by atoms with van der Waals surface area (Å²) >= 11 is 0. The molecule has 0 spiro atoms. The lowest BCUT2D eigenvalue weighted by molar-refractivity contribution is 0.222. The van der Waals surface area contributed by atoms with E-state index in [1.54, 1.807) is 7.11 Å². The largest absolute Gasteiger partial charge is 0.493 e. The molecule has 5 nitrogen and oxygen atoms in total. The standard InChI is InChI=1S/C26H38N2O3/c1-6-28(7-2)14-15-30-22-9-10-23-20(16-22)12-13-27-26(23)21-8-11-24(25(17-21)29-5)31-18-19(3)4/h8-11,16-17,19,26-27H,6-7,12-15,18H2,1-5H3. The van der Waals surface area contributed by atoms with Crippen LogP contribution in [0.4, 0.5) is 0 Å². The molecule has 0 amide bonds. The van der Waals surface area contributed by atoms with E-state index in [-0.39, 0.29) is 6.04 Å². The highest BCUT2D eigenvalue weighted by Crippen LogP contribution is 2.36. The molecule has 2 aromatic carbocycles. The first-order chi connectivity index (χ1) is 15.0. The smallest absolute Gasteiger partial charge is 0.161 e. The fourth-order valence-corrected chi connectivity index (χ4v) is 4.00. The second-order valence-corrected chi connectivity index (χ2v) is 8.49. The third-order valence-corrected chi connectivity index (χ3v) is 5.83. The van der Waals surface area contributed by atoms with Gasteiger partial charge in [-0.3, -0.25) is 0 Å². The molecular weight excluding hydrogens is 388 g/mol. The van der Waals surface area contributed by atoms with Crippen molar-refractivity contribution in [1.82, 2.24) is 10.2 Å². The Bertz CT molecular complexity index is 833. The third kappa shape index (κ3) is 6.14. The average molecular weight is 427 g/mol. The molecule has 1 aliphatic rings. The van der Waals surface area contributed by atoms with Crippen molar-refractivity contribution in [1.29, 1.82) is 0 Å². The summed E-state index contributed by atoms with van der Waals surface area (Å²) in [5, 5.41) is 3.66. The first kappa shape index (κ1) is 23.4. The second-order valence-electron chi connectivity index (χ2n) is 8.49. The number of benzene rings is 2. The molecule has 1 atom stereocenters. The number of hydrogen-bond acceptors (Lipinski definition) is 5. The number of likely N-dealkylation sites (N-methyl/N-ethyl adjacent to an activating group) is 1. The fourth-order valence-electron chi connectivity index (χ4n) is 4.00. The molecule has 1 N–H and O–H groups in total. The minimum atomic E-state index is 0.140. The molecule has 0 aromatic heterocycles. The summed E-state index contributed by atoms with van der Waals surface area (Å²) < 4.78 is 17.6. The molecule has 0 bridgehead atoms. The lowest BCUT2D eigenvalue weighted by Gasteiger charge is -2.28. The van der Waals surface area contributed by atoms with E-state index >= 15 is 0 Å². The van der Waals surface area contributed by atoms with Gasteiger partial charge >= 0.3 is 0 Å². The Kier molecular flexibility index (Phi) is 8.61. The highest BCUT2D eigenvalue weighted by atomic mass is 16.5. The van der Waals surface area contributed by atoms with E-state index in [1.807, 2.05) is 6.07 Å². The minimum Gasteiger partial charge on any atom is -0.493 e. The van der Waals surface area contributed by atoms with Crippen LogP contribution in [0.2, 0.25) is 0 Å². The van der Waals surface area contributed by atoms with Crippen molar-refractivity contribution >= 4 is 0 Å². The zero-order chi connectivity index (χ0) is 22.2. The summed E-state index contributed by atoms with van der Waals surface area (Å²) in [5.41, 5.74) is 3.84. The van der Waals surface area contributed by atoms with Crippen LogP contribution in [0.5, 0.6) is 17.2 Å². The average Bonchev–Trinajstić information content (AvgIpc) is 2.79. The summed E-state index contributed by atoms with van der Waals surface area (Å²) in [6, 6.07) is 12.9. The van der Waals surface area contributed by atoms with Crippen LogP contribution in [0.15, 0.2) is 36.4 Å². The summed E-state index contributed by atoms with van der Waals surface area (Å²) in [7, 11) is 1.70. The number of nitrogens with zero attached hydrogens (tertiary/aromatic N) is 1. The number of ether oxygens (including phenoxy) is 3. The van der Waals surface area contributed by atoms with Crippen molar-refractivity contribution in [2.24, 2.45) is 5.92 Å². The van der Waals surface area contributed by atoms with E-state index in [2.05, 4.69) is 68.2 Å². The van der Waals surface area contributed by atoms with Crippen molar-refractivity contribution in [3.8, 4) is 17.2 Å². The summed E-state index contributed by atoms with van der Waals surface area (Å²) in [4.78, 5) is 2.38. The van der Waals surface area contributed by atoms with Crippen LogP contribution in [0.25, 0.3) is 0 Å². The molecule has 0 aliphatic carbocycles. The van der Waals surface area contributed by atoms with E-state index < -0.39 is 0 Å². The molecule has 1 heterocycles. The highest BCUT2D eigenvalue weighted by molar-refractivity contribution is 5.49. The molecule has 5 heteroatoms. The Labute approximate surface area is 187 Å². The van der Waals surface area contributed by atoms with Crippen LogP contribution in [0.1, 0.15) is 50.4 Å². The van der Waals surface area contributed by atoms with Crippen molar-refractivity contribution in [2.45, 2.75) is 40.2 Å². The maximum Gasteiger partial charge on any atom is 0.161 e. The Balaban J connectivity index is 1.74. The van der Waals surface area contributed by atoms with Crippen molar-refractivity contribution < 1.29 is 14.2 Å². The van der Waals surface area contributed by atoms with Crippen LogP contribution < -0.4 is 19.5 Å². The zero-order valence-electron chi connectivity index (χ0n) is 19.7. The van der Waals surface area contributed by atoms with Crippen LogP contribution >= 0.6 is 0 Å². The van der Waals surface area contributed by atoms with Gasteiger partial charge in [0.05, 0.1) is 19.8 Å². The van der Waals surface area contributed by atoms with Gasteiger partial charge in [0.15, 0.2) is 11.5 Å². The Hall–Kier alpha value is -2.24. The van der Waals surface area contributed by atoms with E-state index in [4.69, 9.17) is 14.2 Å². The summed E-state index contributed by atoms with van der Waals surface area (Å²) in [5.74, 6) is 3.01. The Morgan fingerprint density at radius 3 is 2.55 bits per heavy atom. The summed E-state index contributed by atoms with van der Waals surface area (Å²) in [6.45, 7) is 14.1. The second kappa shape index (κ2) is 11.4. The van der Waals surface area contributed by atoms with Gasteiger partial charge in [0.2, 0.25) is 0 Å². The van der Waals surface area contributed by atoms with Gasteiger partial charge < -0.3 is 24.4 Å². The Morgan fingerprint density at radius 2 is 1.84 bits per heavy atom. The van der Waals surface area contributed by atoms with Crippen molar-refractivity contribution in [2.75, 3.05) is 46.5 Å². The predicted octanol–water partition coefficient (Wildman–Crippen LogP) is 4.69. The Morgan fingerprint density at radius 1 is 1.03 bits per heavy atom. The zero-order valence-corrected chi connectivity index (χ0v) is 19.7. The van der Waals surface area contributed by atoms with E-state index in [0.29, 0.717) is 12.5 Å². The monoisotopic (exact) mass is 426 g/mol. The topological polar surface area (TPSA) is 43.0 Å².